The Balaban J connectivity index is 1.61. The Morgan fingerprint density at radius 1 is 1.00 bits per heavy atom. The Morgan fingerprint density at radius 3 is 2.29 bits per heavy atom. The fourth-order valence-corrected chi connectivity index (χ4v) is 6.00. The minimum Gasteiger partial charge on any atom is -0.307 e. The maximum absolute atomic E-state index is 12.9. The number of urea groups is 1. The van der Waals surface area contributed by atoms with Gasteiger partial charge in [0.15, 0.2) is 0 Å². The number of nitrogens with two attached hydrogens (primary N) is 1. The molecule has 4 aromatic rings. The topological polar surface area (TPSA) is 190 Å². The highest BCUT2D eigenvalue weighted by molar-refractivity contribution is 7.92. The average molecular weight is 556 g/mol. The number of sulfonamides is 2. The third-order valence-corrected chi connectivity index (χ3v) is 8.59. The number of fused-ring (bicyclic) bond motifs is 1. The zero-order chi connectivity index (χ0) is 25.5. The molecule has 0 unspecified atom stereocenters. The predicted octanol–water partition coefficient (Wildman–Crippen LogP) is 1.55. The monoisotopic (exact) mass is 555 g/mol. The Labute approximate surface area is 206 Å². The van der Waals surface area contributed by atoms with Crippen LogP contribution in [0.5, 0.6) is 0 Å². The molecule has 16 heteroatoms. The number of hydrogen-bond acceptors (Lipinski definition) is 8. The molecule has 2 amide bonds. The Kier molecular flexibility index (Phi) is 6.29. The molecule has 0 aliphatic carbocycles. The van der Waals surface area contributed by atoms with Crippen LogP contribution in [0.15, 0.2) is 73.3 Å². The molecule has 0 aliphatic heterocycles. The van der Waals surface area contributed by atoms with E-state index in [2.05, 4.69) is 10.3 Å². The fraction of sp³-hybridized carbons (Fsp3) is 0. The summed E-state index contributed by atoms with van der Waals surface area (Å²) < 4.78 is 50.4. The number of carbonyl (C=O) groups excluding carboxylic acids is 1. The first-order valence-electron chi connectivity index (χ1n) is 9.37. The number of halogens is 1. The largest absolute Gasteiger partial charge is 0.333 e. The lowest BCUT2D eigenvalue weighted by Gasteiger charge is -2.10. The second kappa shape index (κ2) is 8.94. The summed E-state index contributed by atoms with van der Waals surface area (Å²) in [4.78, 5) is 39.8. The Bertz CT molecular complexity index is 1810. The number of thiophene rings is 1. The van der Waals surface area contributed by atoms with Gasteiger partial charge in [0.25, 0.3) is 15.6 Å². The predicted molar refractivity (Wildman–Crippen MR) is 130 cm³/mol. The first-order chi connectivity index (χ1) is 16.3. The van der Waals surface area contributed by atoms with E-state index in [1.807, 2.05) is 4.72 Å². The van der Waals surface area contributed by atoms with Crippen LogP contribution in [0.2, 0.25) is 4.34 Å². The molecule has 0 bridgehead atoms. The van der Waals surface area contributed by atoms with Gasteiger partial charge in [-0.05, 0) is 54.6 Å². The van der Waals surface area contributed by atoms with Gasteiger partial charge in [0.05, 0.1) is 25.8 Å². The van der Waals surface area contributed by atoms with E-state index in [-0.39, 0.29) is 35.7 Å². The smallest absolute Gasteiger partial charge is 0.307 e. The second-order valence-electron chi connectivity index (χ2n) is 6.99. The van der Waals surface area contributed by atoms with E-state index < -0.39 is 37.3 Å². The summed E-state index contributed by atoms with van der Waals surface area (Å²) in [6.45, 7) is 0. The zero-order valence-corrected chi connectivity index (χ0v) is 20.4. The number of nitrogens with one attached hydrogen (secondary N) is 3. The maximum atomic E-state index is 12.9. The van der Waals surface area contributed by atoms with Crippen LogP contribution in [-0.2, 0) is 20.0 Å². The van der Waals surface area contributed by atoms with Gasteiger partial charge in [0, 0.05) is 5.69 Å². The third kappa shape index (κ3) is 5.13. The van der Waals surface area contributed by atoms with Gasteiger partial charge >= 0.3 is 11.7 Å². The van der Waals surface area contributed by atoms with Gasteiger partial charge in [0.2, 0.25) is 10.0 Å². The van der Waals surface area contributed by atoms with E-state index in [4.69, 9.17) is 16.7 Å². The molecular weight excluding hydrogens is 542 g/mol. The number of H-pyrrole nitrogens is 1. The molecule has 0 atom stereocenters. The number of anilines is 1. The molecule has 0 saturated carbocycles. The minimum atomic E-state index is -4.13. The molecule has 182 valence electrons. The first-order valence-corrected chi connectivity index (χ1v) is 13.6. The summed E-state index contributed by atoms with van der Waals surface area (Å²) in [6.07, 6.45) is 0. The normalized spacial score (nSPS) is 11.9. The number of benzene rings is 2. The highest BCUT2D eigenvalue weighted by Gasteiger charge is 2.20. The lowest BCUT2D eigenvalue weighted by Crippen LogP contribution is -2.34. The number of aromatic amines is 1. The molecule has 0 spiro atoms. The van der Waals surface area contributed by atoms with Crippen molar-refractivity contribution in [3.8, 4) is 5.69 Å². The van der Waals surface area contributed by atoms with Gasteiger partial charge in [-0.15, -0.1) is 11.3 Å². The van der Waals surface area contributed by atoms with Crippen molar-refractivity contribution in [1.82, 2.24) is 14.3 Å². The van der Waals surface area contributed by atoms with Crippen LogP contribution in [0.3, 0.4) is 0 Å². The van der Waals surface area contributed by atoms with E-state index in [1.54, 1.807) is 0 Å². The molecule has 2 heterocycles. The Morgan fingerprint density at radius 2 is 1.69 bits per heavy atom. The van der Waals surface area contributed by atoms with Gasteiger partial charge in [0.1, 0.15) is 4.21 Å². The molecule has 4 rings (SSSR count). The van der Waals surface area contributed by atoms with Crippen LogP contribution in [0.1, 0.15) is 0 Å². The number of primary sulfonamides is 1. The van der Waals surface area contributed by atoms with Crippen LogP contribution in [0.25, 0.3) is 16.6 Å². The van der Waals surface area contributed by atoms with E-state index in [0.29, 0.717) is 0 Å². The van der Waals surface area contributed by atoms with E-state index in [9.17, 15) is 31.2 Å². The van der Waals surface area contributed by atoms with Gasteiger partial charge in [-0.2, -0.15) is 0 Å². The summed E-state index contributed by atoms with van der Waals surface area (Å²) in [6, 6.07) is 10.4. The summed E-state index contributed by atoms with van der Waals surface area (Å²) >= 11 is 6.50. The van der Waals surface area contributed by atoms with Crippen LogP contribution in [0, 0.1) is 0 Å². The number of hydrogen-bond donors (Lipinski definition) is 4. The summed E-state index contributed by atoms with van der Waals surface area (Å²) in [5.74, 6) is 0. The van der Waals surface area contributed by atoms with Crippen molar-refractivity contribution in [2.75, 3.05) is 5.32 Å². The molecule has 0 fully saturated rings. The third-order valence-electron chi connectivity index (χ3n) is 4.62. The molecule has 2 aromatic heterocycles. The van der Waals surface area contributed by atoms with Gasteiger partial charge in [-0.3, -0.25) is 4.79 Å². The van der Waals surface area contributed by atoms with E-state index in [1.165, 1.54) is 42.5 Å². The van der Waals surface area contributed by atoms with Crippen molar-refractivity contribution < 1.29 is 21.6 Å². The van der Waals surface area contributed by atoms with Crippen molar-refractivity contribution in [3.63, 3.8) is 0 Å². The molecule has 0 radical (unpaired) electrons. The maximum Gasteiger partial charge on any atom is 0.333 e. The number of rotatable bonds is 5. The molecule has 35 heavy (non-hydrogen) atoms. The molecule has 5 N–H and O–H groups in total. The van der Waals surface area contributed by atoms with Crippen molar-refractivity contribution >= 4 is 65.6 Å². The fourth-order valence-electron chi connectivity index (χ4n) is 3.07. The molecule has 0 saturated heterocycles. The van der Waals surface area contributed by atoms with Gasteiger partial charge < -0.3 is 10.3 Å². The standard InChI is InChI=1S/C19H14ClN5O7S3/c20-15-7-8-16(33-15)35(31,32)24-18(27)22-10-1-3-11(4-2-10)25-17(26)13-9-12(34(21,29)30)5-6-14(13)23-19(25)28/h1-9H,(H,23,28)(H2,21,29,30)(H2,22,24,27). The van der Waals surface area contributed by atoms with E-state index >= 15 is 0 Å². The zero-order valence-electron chi connectivity index (χ0n) is 17.2. The summed E-state index contributed by atoms with van der Waals surface area (Å²) in [7, 11) is -8.21. The SMILES string of the molecule is NS(=O)(=O)c1ccc2[nH]c(=O)n(-c3ccc(NC(=O)NS(=O)(=O)c4ccc(Cl)s4)cc3)c(=O)c2c1. The number of carbonyl (C=O) groups is 1. The van der Waals surface area contributed by atoms with Crippen LogP contribution in [0.4, 0.5) is 10.5 Å². The number of nitrogens with zero attached hydrogens (tertiary/aromatic N) is 1. The average Bonchev–Trinajstić information content (AvgIpc) is 3.21. The summed E-state index contributed by atoms with van der Waals surface area (Å²) in [5, 5.41) is 7.35. The van der Waals surface area contributed by atoms with Crippen molar-refractivity contribution in [1.29, 1.82) is 0 Å². The first kappa shape index (κ1) is 24.6. The van der Waals surface area contributed by atoms with Crippen LogP contribution in [-0.4, -0.2) is 32.4 Å². The van der Waals surface area contributed by atoms with Crippen molar-refractivity contribution in [2.24, 2.45) is 5.14 Å². The van der Waals surface area contributed by atoms with Gasteiger partial charge in [-0.25, -0.2) is 40.9 Å². The van der Waals surface area contributed by atoms with Gasteiger partial charge in [-0.1, -0.05) is 11.6 Å². The minimum absolute atomic E-state index is 0.0865. The van der Waals surface area contributed by atoms with Crippen LogP contribution < -0.4 is 26.4 Å². The molecule has 0 aliphatic rings. The lowest BCUT2D eigenvalue weighted by atomic mass is 10.2. The molecular formula is C19H14ClN5O7S3. The Hall–Kier alpha value is -3.50. The number of amides is 2. The van der Waals surface area contributed by atoms with Crippen LogP contribution >= 0.6 is 22.9 Å². The quantitative estimate of drug-likeness (QED) is 0.287. The van der Waals surface area contributed by atoms with Crippen molar-refractivity contribution in [2.45, 2.75) is 9.10 Å². The number of aromatic nitrogens is 2. The second-order valence-corrected chi connectivity index (χ2v) is 12.2. The molecule has 2 aromatic carbocycles. The highest BCUT2D eigenvalue weighted by atomic mass is 35.5. The lowest BCUT2D eigenvalue weighted by molar-refractivity contribution is 0.256. The summed E-state index contributed by atoms with van der Waals surface area (Å²) in [5.41, 5.74) is -1.20. The van der Waals surface area contributed by atoms with E-state index in [0.717, 1.165) is 28.0 Å². The highest BCUT2D eigenvalue weighted by Crippen LogP contribution is 2.25. The molecule has 12 nitrogen and oxygen atoms in total. The van der Waals surface area contributed by atoms with Crippen molar-refractivity contribution in [3.05, 3.63) is 79.8 Å².